The number of nitrogens with two attached hydrogens (primary N) is 1. The van der Waals surface area contributed by atoms with Gasteiger partial charge in [0.05, 0.1) is 5.69 Å². The van der Waals surface area contributed by atoms with Gasteiger partial charge in [-0.15, -0.1) is 0 Å². The fourth-order valence-electron chi connectivity index (χ4n) is 2.55. The molecule has 0 spiro atoms. The minimum atomic E-state index is -0.303. The number of rotatable bonds is 1. The molecule has 2 heteroatoms. The van der Waals surface area contributed by atoms with Gasteiger partial charge in [0.25, 0.3) is 0 Å². The molecule has 0 saturated heterocycles. The van der Waals surface area contributed by atoms with Crippen LogP contribution < -0.4 is 5.73 Å². The Balaban J connectivity index is 2.18. The summed E-state index contributed by atoms with van der Waals surface area (Å²) in [4.78, 5) is 0. The molecule has 2 atom stereocenters. The highest BCUT2D eigenvalue weighted by Gasteiger charge is 2.20. The standard InChI is InChI=1S/C13H18FN/c1-9-3-2-4-10(7-9)11-5-6-12(14)13(15)8-11/h5-6,8-10H,2-4,7,15H2,1H3/t9-,10-/m0/s1. The molecule has 0 unspecified atom stereocenters. The predicted octanol–water partition coefficient (Wildman–Crippen LogP) is 3.70. The van der Waals surface area contributed by atoms with E-state index in [1.165, 1.54) is 37.3 Å². The van der Waals surface area contributed by atoms with Gasteiger partial charge in [-0.3, -0.25) is 0 Å². The van der Waals surface area contributed by atoms with Crippen LogP contribution in [-0.2, 0) is 0 Å². The first-order chi connectivity index (χ1) is 7.16. The third-order valence-corrected chi connectivity index (χ3v) is 3.43. The van der Waals surface area contributed by atoms with Crippen molar-refractivity contribution in [2.24, 2.45) is 5.92 Å². The number of benzene rings is 1. The molecular formula is C13H18FN. The van der Waals surface area contributed by atoms with Gasteiger partial charge in [-0.25, -0.2) is 4.39 Å². The molecule has 1 aromatic rings. The molecule has 2 N–H and O–H groups in total. The van der Waals surface area contributed by atoms with Gasteiger partial charge in [0.1, 0.15) is 5.82 Å². The van der Waals surface area contributed by atoms with Crippen molar-refractivity contribution in [1.82, 2.24) is 0 Å². The van der Waals surface area contributed by atoms with E-state index in [4.69, 9.17) is 5.73 Å². The molecule has 1 aliphatic carbocycles. The zero-order valence-electron chi connectivity index (χ0n) is 9.17. The van der Waals surface area contributed by atoms with Crippen molar-refractivity contribution in [3.63, 3.8) is 0 Å². The number of anilines is 1. The molecule has 2 rings (SSSR count). The molecule has 82 valence electrons. The van der Waals surface area contributed by atoms with Gasteiger partial charge >= 0.3 is 0 Å². The maximum atomic E-state index is 13.0. The Kier molecular flexibility index (Phi) is 2.94. The van der Waals surface area contributed by atoms with Crippen molar-refractivity contribution in [2.75, 3.05) is 5.73 Å². The lowest BCUT2D eigenvalue weighted by molar-refractivity contribution is 0.344. The summed E-state index contributed by atoms with van der Waals surface area (Å²) < 4.78 is 13.0. The molecule has 0 amide bonds. The average Bonchev–Trinajstić information content (AvgIpc) is 2.22. The highest BCUT2D eigenvalue weighted by Crippen LogP contribution is 2.36. The van der Waals surface area contributed by atoms with E-state index < -0.39 is 0 Å². The second-order valence-electron chi connectivity index (χ2n) is 4.75. The molecule has 0 bridgehead atoms. The predicted molar refractivity (Wildman–Crippen MR) is 61.2 cm³/mol. The van der Waals surface area contributed by atoms with Crippen LogP contribution in [0.1, 0.15) is 44.1 Å². The van der Waals surface area contributed by atoms with Crippen LogP contribution in [0.4, 0.5) is 10.1 Å². The lowest BCUT2D eigenvalue weighted by Gasteiger charge is -2.27. The second-order valence-corrected chi connectivity index (χ2v) is 4.75. The SMILES string of the molecule is C[C@H]1CCC[C@H](c2ccc(F)c(N)c2)C1. The lowest BCUT2D eigenvalue weighted by Crippen LogP contribution is -2.12. The fourth-order valence-corrected chi connectivity index (χ4v) is 2.55. The Hall–Kier alpha value is -1.05. The molecular weight excluding hydrogens is 189 g/mol. The molecule has 1 saturated carbocycles. The van der Waals surface area contributed by atoms with Crippen molar-refractivity contribution < 1.29 is 4.39 Å². The summed E-state index contributed by atoms with van der Waals surface area (Å²) in [6.07, 6.45) is 5.04. The van der Waals surface area contributed by atoms with E-state index >= 15 is 0 Å². The van der Waals surface area contributed by atoms with E-state index in [-0.39, 0.29) is 11.5 Å². The minimum Gasteiger partial charge on any atom is -0.396 e. The number of hydrogen-bond acceptors (Lipinski definition) is 1. The van der Waals surface area contributed by atoms with Crippen molar-refractivity contribution in [1.29, 1.82) is 0 Å². The van der Waals surface area contributed by atoms with Crippen LogP contribution in [0, 0.1) is 11.7 Å². The van der Waals surface area contributed by atoms with Crippen molar-refractivity contribution >= 4 is 5.69 Å². The van der Waals surface area contributed by atoms with Gasteiger partial charge < -0.3 is 5.73 Å². The topological polar surface area (TPSA) is 26.0 Å². The lowest BCUT2D eigenvalue weighted by atomic mass is 9.79. The summed E-state index contributed by atoms with van der Waals surface area (Å²) >= 11 is 0. The fraction of sp³-hybridized carbons (Fsp3) is 0.538. The zero-order chi connectivity index (χ0) is 10.8. The maximum absolute atomic E-state index is 13.0. The molecule has 1 aromatic carbocycles. The number of halogens is 1. The van der Waals surface area contributed by atoms with Crippen LogP contribution >= 0.6 is 0 Å². The van der Waals surface area contributed by atoms with Gasteiger partial charge in [0.2, 0.25) is 0 Å². The first kappa shape index (κ1) is 10.5. The molecule has 0 heterocycles. The van der Waals surface area contributed by atoms with E-state index in [1.54, 1.807) is 6.07 Å². The Bertz CT molecular complexity index is 348. The van der Waals surface area contributed by atoms with E-state index in [1.807, 2.05) is 6.07 Å². The van der Waals surface area contributed by atoms with Gasteiger partial charge in [-0.1, -0.05) is 25.8 Å². The van der Waals surface area contributed by atoms with E-state index in [9.17, 15) is 4.39 Å². The molecule has 0 aromatic heterocycles. The van der Waals surface area contributed by atoms with E-state index in [2.05, 4.69) is 6.92 Å². The summed E-state index contributed by atoms with van der Waals surface area (Å²) in [5.74, 6) is 1.06. The summed E-state index contributed by atoms with van der Waals surface area (Å²) in [5, 5.41) is 0. The number of nitrogen functional groups attached to an aromatic ring is 1. The van der Waals surface area contributed by atoms with Gasteiger partial charge in [0, 0.05) is 0 Å². The molecule has 1 fully saturated rings. The second kappa shape index (κ2) is 4.21. The minimum absolute atomic E-state index is 0.283. The molecule has 1 nitrogen and oxygen atoms in total. The van der Waals surface area contributed by atoms with Gasteiger partial charge in [-0.2, -0.15) is 0 Å². The summed E-state index contributed by atoms with van der Waals surface area (Å²) in [6, 6.07) is 5.18. The third-order valence-electron chi connectivity index (χ3n) is 3.43. The Morgan fingerprint density at radius 2 is 2.13 bits per heavy atom. The van der Waals surface area contributed by atoms with Gasteiger partial charge in [-0.05, 0) is 42.4 Å². The zero-order valence-corrected chi connectivity index (χ0v) is 9.17. The van der Waals surface area contributed by atoms with E-state index in [0.29, 0.717) is 5.92 Å². The molecule has 15 heavy (non-hydrogen) atoms. The Morgan fingerprint density at radius 3 is 2.80 bits per heavy atom. The smallest absolute Gasteiger partial charge is 0.146 e. The molecule has 1 aliphatic rings. The molecule has 0 aliphatic heterocycles. The van der Waals surface area contributed by atoms with Crippen molar-refractivity contribution in [2.45, 2.75) is 38.5 Å². The summed E-state index contributed by atoms with van der Waals surface area (Å²) in [6.45, 7) is 2.29. The Labute approximate surface area is 90.5 Å². The van der Waals surface area contributed by atoms with Crippen molar-refractivity contribution in [3.05, 3.63) is 29.6 Å². The highest BCUT2D eigenvalue weighted by molar-refractivity contribution is 5.43. The summed E-state index contributed by atoms with van der Waals surface area (Å²) in [7, 11) is 0. The normalized spacial score (nSPS) is 26.5. The van der Waals surface area contributed by atoms with Crippen LogP contribution in [0.5, 0.6) is 0 Å². The largest absolute Gasteiger partial charge is 0.396 e. The van der Waals surface area contributed by atoms with Crippen LogP contribution in [0.2, 0.25) is 0 Å². The third kappa shape index (κ3) is 2.31. The maximum Gasteiger partial charge on any atom is 0.146 e. The Morgan fingerprint density at radius 1 is 1.33 bits per heavy atom. The van der Waals surface area contributed by atoms with Gasteiger partial charge in [0.15, 0.2) is 0 Å². The van der Waals surface area contributed by atoms with Crippen LogP contribution in [0.15, 0.2) is 18.2 Å². The van der Waals surface area contributed by atoms with Crippen LogP contribution in [-0.4, -0.2) is 0 Å². The first-order valence-electron chi connectivity index (χ1n) is 5.71. The quantitative estimate of drug-likeness (QED) is 0.698. The molecule has 0 radical (unpaired) electrons. The number of hydrogen-bond donors (Lipinski definition) is 1. The van der Waals surface area contributed by atoms with Crippen LogP contribution in [0.3, 0.4) is 0 Å². The highest BCUT2D eigenvalue weighted by atomic mass is 19.1. The summed E-state index contributed by atoms with van der Waals surface area (Å²) in [5.41, 5.74) is 7.08. The monoisotopic (exact) mass is 207 g/mol. The van der Waals surface area contributed by atoms with Crippen molar-refractivity contribution in [3.8, 4) is 0 Å². The van der Waals surface area contributed by atoms with E-state index in [0.717, 1.165) is 5.92 Å². The van der Waals surface area contributed by atoms with Crippen LogP contribution in [0.25, 0.3) is 0 Å². The average molecular weight is 207 g/mol. The first-order valence-corrected chi connectivity index (χ1v) is 5.71.